The van der Waals surface area contributed by atoms with Gasteiger partial charge in [-0.25, -0.2) is 0 Å². The summed E-state index contributed by atoms with van der Waals surface area (Å²) in [6.07, 6.45) is -0.655. The predicted octanol–water partition coefficient (Wildman–Crippen LogP) is 2.58. The first-order valence-corrected chi connectivity index (χ1v) is 6.35. The third-order valence-corrected chi connectivity index (χ3v) is 3.67. The van der Waals surface area contributed by atoms with Crippen LogP contribution in [0.4, 0.5) is 0 Å². The maximum absolute atomic E-state index is 9.12. The third kappa shape index (κ3) is 4.62. The molecule has 0 aliphatic rings. The second kappa shape index (κ2) is 6.61. The molecular weight excluding hydrogens is 255 g/mol. The van der Waals surface area contributed by atoms with Crippen LogP contribution in [0.25, 0.3) is 0 Å². The Balaban J connectivity index is 2.41. The van der Waals surface area contributed by atoms with Gasteiger partial charge < -0.3 is 10.2 Å². The quantitative estimate of drug-likeness (QED) is 0.861. The molecule has 0 aliphatic heterocycles. The van der Waals surface area contributed by atoms with E-state index < -0.39 is 6.10 Å². The molecule has 1 aromatic rings. The molecule has 0 bridgehead atoms. The molecule has 0 aromatic heterocycles. The van der Waals surface area contributed by atoms with Crippen molar-refractivity contribution in [3.63, 3.8) is 0 Å². The second-order valence-electron chi connectivity index (χ2n) is 3.10. The molecule has 2 N–H and O–H groups in total. The van der Waals surface area contributed by atoms with Crippen LogP contribution in [0.1, 0.15) is 5.56 Å². The molecule has 84 valence electrons. The Morgan fingerprint density at radius 1 is 1.27 bits per heavy atom. The van der Waals surface area contributed by atoms with Crippen molar-refractivity contribution in [1.29, 1.82) is 0 Å². The zero-order chi connectivity index (χ0) is 11.3. The van der Waals surface area contributed by atoms with E-state index in [0.717, 1.165) is 11.3 Å². The Labute approximate surface area is 103 Å². The van der Waals surface area contributed by atoms with E-state index in [9.17, 15) is 0 Å². The predicted molar refractivity (Wildman–Crippen MR) is 65.7 cm³/mol. The van der Waals surface area contributed by atoms with Gasteiger partial charge in [-0.2, -0.15) is 11.8 Å². The Morgan fingerprint density at radius 2 is 2.00 bits per heavy atom. The van der Waals surface area contributed by atoms with Gasteiger partial charge in [0.25, 0.3) is 0 Å². The maximum Gasteiger partial charge on any atom is 0.0861 e. The number of benzene rings is 1. The van der Waals surface area contributed by atoms with Gasteiger partial charge in [-0.15, -0.1) is 0 Å². The molecule has 0 saturated heterocycles. The molecule has 1 atom stereocenters. The van der Waals surface area contributed by atoms with E-state index in [4.69, 9.17) is 33.4 Å². The fraction of sp³-hybridized carbons (Fsp3) is 0.400. The maximum atomic E-state index is 9.12. The Kier molecular flexibility index (Phi) is 5.79. The van der Waals surface area contributed by atoms with Gasteiger partial charge in [0, 0.05) is 11.5 Å². The van der Waals surface area contributed by atoms with Crippen molar-refractivity contribution in [3.8, 4) is 0 Å². The fourth-order valence-electron chi connectivity index (χ4n) is 0.995. The van der Waals surface area contributed by atoms with Crippen LogP contribution in [0, 0.1) is 0 Å². The summed E-state index contributed by atoms with van der Waals surface area (Å²) < 4.78 is 0. The molecule has 0 fully saturated rings. The van der Waals surface area contributed by atoms with Crippen LogP contribution >= 0.6 is 35.0 Å². The summed E-state index contributed by atoms with van der Waals surface area (Å²) >= 11 is 13.2. The smallest absolute Gasteiger partial charge is 0.0861 e. The number of rotatable bonds is 5. The molecule has 0 amide bonds. The van der Waals surface area contributed by atoms with Crippen molar-refractivity contribution in [3.05, 3.63) is 33.8 Å². The molecule has 1 aromatic carbocycles. The molecule has 1 unspecified atom stereocenters. The first-order valence-electron chi connectivity index (χ1n) is 4.44. The molecule has 0 spiro atoms. The zero-order valence-corrected chi connectivity index (χ0v) is 10.3. The summed E-state index contributed by atoms with van der Waals surface area (Å²) in [6, 6.07) is 5.46. The molecular formula is C10H12Cl2O2S. The van der Waals surface area contributed by atoms with Crippen LogP contribution in [-0.2, 0) is 5.75 Å². The van der Waals surface area contributed by atoms with Gasteiger partial charge in [-0.1, -0.05) is 29.3 Å². The van der Waals surface area contributed by atoms with Crippen LogP contribution in [0.15, 0.2) is 18.2 Å². The van der Waals surface area contributed by atoms with Crippen molar-refractivity contribution in [1.82, 2.24) is 0 Å². The van der Waals surface area contributed by atoms with Crippen molar-refractivity contribution in [2.75, 3.05) is 12.4 Å². The number of hydrogen-bond acceptors (Lipinski definition) is 3. The van der Waals surface area contributed by atoms with Crippen molar-refractivity contribution in [2.45, 2.75) is 11.9 Å². The SMILES string of the molecule is OCC(O)CSCc1ccc(Cl)c(Cl)c1. The monoisotopic (exact) mass is 266 g/mol. The summed E-state index contributed by atoms with van der Waals surface area (Å²) in [4.78, 5) is 0. The Bertz CT molecular complexity index is 320. The van der Waals surface area contributed by atoms with Gasteiger partial charge in [0.2, 0.25) is 0 Å². The van der Waals surface area contributed by atoms with E-state index in [1.54, 1.807) is 17.8 Å². The van der Waals surface area contributed by atoms with Crippen molar-refractivity contribution >= 4 is 35.0 Å². The van der Waals surface area contributed by atoms with Gasteiger partial charge in [0.1, 0.15) is 0 Å². The minimum atomic E-state index is -0.655. The summed E-state index contributed by atoms with van der Waals surface area (Å²) in [5, 5.41) is 18.8. The molecule has 5 heteroatoms. The summed E-state index contributed by atoms with van der Waals surface area (Å²) in [5.74, 6) is 1.25. The minimum absolute atomic E-state index is 0.200. The minimum Gasteiger partial charge on any atom is -0.394 e. The first-order chi connectivity index (χ1) is 7.13. The molecule has 2 nitrogen and oxygen atoms in total. The average molecular weight is 267 g/mol. The largest absolute Gasteiger partial charge is 0.394 e. The Hall–Kier alpha value is 0.0700. The summed E-state index contributed by atoms with van der Waals surface area (Å²) in [5.41, 5.74) is 1.06. The topological polar surface area (TPSA) is 40.5 Å². The van der Waals surface area contributed by atoms with Gasteiger partial charge in [0.05, 0.1) is 22.8 Å². The molecule has 1 rings (SSSR count). The van der Waals surface area contributed by atoms with Crippen LogP contribution in [0.3, 0.4) is 0 Å². The molecule has 0 heterocycles. The molecule has 0 radical (unpaired) electrons. The molecule has 0 saturated carbocycles. The molecule has 15 heavy (non-hydrogen) atoms. The highest BCUT2D eigenvalue weighted by Crippen LogP contribution is 2.24. The second-order valence-corrected chi connectivity index (χ2v) is 4.94. The van der Waals surface area contributed by atoms with Crippen LogP contribution in [-0.4, -0.2) is 28.7 Å². The lowest BCUT2D eigenvalue weighted by molar-refractivity contribution is 0.113. The van der Waals surface area contributed by atoms with Gasteiger partial charge in [0.15, 0.2) is 0 Å². The third-order valence-electron chi connectivity index (χ3n) is 1.77. The highest BCUT2D eigenvalue weighted by atomic mass is 35.5. The van der Waals surface area contributed by atoms with E-state index in [1.165, 1.54) is 0 Å². The standard InChI is InChI=1S/C10H12Cl2O2S/c11-9-2-1-7(3-10(9)12)5-15-6-8(14)4-13/h1-3,8,13-14H,4-6H2. The first kappa shape index (κ1) is 13.1. The summed E-state index contributed by atoms with van der Waals surface area (Å²) in [6.45, 7) is -0.200. The fourth-order valence-corrected chi connectivity index (χ4v) is 2.23. The van der Waals surface area contributed by atoms with Crippen LogP contribution in [0.5, 0.6) is 0 Å². The zero-order valence-electron chi connectivity index (χ0n) is 7.99. The van der Waals surface area contributed by atoms with E-state index in [1.807, 2.05) is 12.1 Å². The Morgan fingerprint density at radius 3 is 2.60 bits per heavy atom. The van der Waals surface area contributed by atoms with E-state index in [2.05, 4.69) is 0 Å². The van der Waals surface area contributed by atoms with E-state index in [-0.39, 0.29) is 6.61 Å². The molecule has 0 aliphatic carbocycles. The number of hydrogen-bond donors (Lipinski definition) is 2. The number of aliphatic hydroxyl groups excluding tert-OH is 2. The van der Waals surface area contributed by atoms with Crippen molar-refractivity contribution < 1.29 is 10.2 Å². The van der Waals surface area contributed by atoms with E-state index in [0.29, 0.717) is 15.8 Å². The van der Waals surface area contributed by atoms with E-state index >= 15 is 0 Å². The van der Waals surface area contributed by atoms with Crippen LogP contribution in [0.2, 0.25) is 10.0 Å². The van der Waals surface area contributed by atoms with Crippen molar-refractivity contribution in [2.24, 2.45) is 0 Å². The number of thioether (sulfide) groups is 1. The lowest BCUT2D eigenvalue weighted by Crippen LogP contribution is -2.14. The van der Waals surface area contributed by atoms with Gasteiger partial charge >= 0.3 is 0 Å². The van der Waals surface area contributed by atoms with Gasteiger partial charge in [-0.05, 0) is 17.7 Å². The van der Waals surface area contributed by atoms with Gasteiger partial charge in [-0.3, -0.25) is 0 Å². The number of aliphatic hydroxyl groups is 2. The van der Waals surface area contributed by atoms with Crippen LogP contribution < -0.4 is 0 Å². The lowest BCUT2D eigenvalue weighted by atomic mass is 10.2. The highest BCUT2D eigenvalue weighted by Gasteiger charge is 2.03. The normalized spacial score (nSPS) is 12.8. The summed E-state index contributed by atoms with van der Waals surface area (Å²) in [7, 11) is 0. The lowest BCUT2D eigenvalue weighted by Gasteiger charge is -2.07. The average Bonchev–Trinajstić information content (AvgIpc) is 2.23. The highest BCUT2D eigenvalue weighted by molar-refractivity contribution is 7.98. The number of halogens is 2.